The van der Waals surface area contributed by atoms with Crippen LogP contribution in [0.15, 0.2) is 36.9 Å². The zero-order valence-electron chi connectivity index (χ0n) is 10.5. The number of nitrogens with one attached hydrogen (secondary N) is 1. The number of rotatable bonds is 3. The van der Waals surface area contributed by atoms with Crippen molar-refractivity contribution in [1.82, 2.24) is 9.78 Å². The minimum Gasteiger partial charge on any atom is -0.341 e. The van der Waals surface area contributed by atoms with Gasteiger partial charge in [0, 0.05) is 11.4 Å². The van der Waals surface area contributed by atoms with Crippen LogP contribution in [0, 0.1) is 20.8 Å². The number of anilines is 1. The largest absolute Gasteiger partial charge is 0.341 e. The van der Waals surface area contributed by atoms with Crippen LogP contribution in [0.3, 0.4) is 0 Å². The lowest BCUT2D eigenvalue weighted by molar-refractivity contribution is 0.852. The fourth-order valence-corrected chi connectivity index (χ4v) is 1.76. The first kappa shape index (κ1) is 11.5. The quantitative estimate of drug-likeness (QED) is 0.871. The van der Waals surface area contributed by atoms with Crippen LogP contribution in [-0.4, -0.2) is 9.78 Å². The van der Waals surface area contributed by atoms with Crippen LogP contribution < -0.4 is 5.32 Å². The van der Waals surface area contributed by atoms with Crippen LogP contribution in [0.4, 0.5) is 5.69 Å². The molecule has 1 aromatic heterocycles. The highest BCUT2D eigenvalue weighted by atomic mass is 15.3. The van der Waals surface area contributed by atoms with Crippen molar-refractivity contribution in [1.29, 1.82) is 0 Å². The van der Waals surface area contributed by atoms with Gasteiger partial charge in [0.05, 0.1) is 5.69 Å². The van der Waals surface area contributed by atoms with Crippen LogP contribution in [0.2, 0.25) is 0 Å². The lowest BCUT2D eigenvalue weighted by Crippen LogP contribution is -2.08. The Hall–Kier alpha value is -2.03. The smallest absolute Gasteiger partial charge is 0.124 e. The number of benzene rings is 1. The SMILES string of the molecule is C=C(Nc1ccc(C)cc1)n1nc(C)cc1C. The number of nitrogens with zero attached hydrogens (tertiary/aromatic N) is 2. The van der Waals surface area contributed by atoms with Crippen LogP contribution in [0.5, 0.6) is 0 Å². The molecule has 88 valence electrons. The molecular weight excluding hydrogens is 210 g/mol. The summed E-state index contributed by atoms with van der Waals surface area (Å²) in [6, 6.07) is 10.2. The first-order chi connectivity index (χ1) is 8.06. The van der Waals surface area contributed by atoms with Crippen LogP contribution in [0.1, 0.15) is 17.0 Å². The van der Waals surface area contributed by atoms with Crippen LogP contribution >= 0.6 is 0 Å². The molecule has 0 amide bonds. The van der Waals surface area contributed by atoms with Gasteiger partial charge >= 0.3 is 0 Å². The van der Waals surface area contributed by atoms with Crippen LogP contribution in [-0.2, 0) is 0 Å². The summed E-state index contributed by atoms with van der Waals surface area (Å²) >= 11 is 0. The highest BCUT2D eigenvalue weighted by Crippen LogP contribution is 2.14. The second-order valence-electron chi connectivity index (χ2n) is 4.28. The number of aromatic nitrogens is 2. The molecule has 0 aliphatic rings. The predicted molar refractivity (Wildman–Crippen MR) is 71.8 cm³/mol. The van der Waals surface area contributed by atoms with E-state index in [1.54, 1.807) is 0 Å². The monoisotopic (exact) mass is 227 g/mol. The van der Waals surface area contributed by atoms with Crippen molar-refractivity contribution in [3.05, 3.63) is 53.9 Å². The van der Waals surface area contributed by atoms with E-state index in [2.05, 4.69) is 36.1 Å². The van der Waals surface area contributed by atoms with E-state index in [0.717, 1.165) is 22.9 Å². The molecule has 0 bridgehead atoms. The molecule has 2 aromatic rings. The third kappa shape index (κ3) is 2.56. The predicted octanol–water partition coefficient (Wildman–Crippen LogP) is 3.35. The maximum Gasteiger partial charge on any atom is 0.124 e. The van der Waals surface area contributed by atoms with Gasteiger partial charge in [0.1, 0.15) is 5.82 Å². The van der Waals surface area contributed by atoms with E-state index in [0.29, 0.717) is 0 Å². The fourth-order valence-electron chi connectivity index (χ4n) is 1.76. The highest BCUT2D eigenvalue weighted by molar-refractivity contribution is 5.63. The fraction of sp³-hybridized carbons (Fsp3) is 0.214. The third-order valence-electron chi connectivity index (χ3n) is 2.61. The van der Waals surface area contributed by atoms with Crippen molar-refractivity contribution in [2.45, 2.75) is 20.8 Å². The molecule has 0 radical (unpaired) electrons. The topological polar surface area (TPSA) is 29.9 Å². The summed E-state index contributed by atoms with van der Waals surface area (Å²) in [6.07, 6.45) is 0. The van der Waals surface area contributed by atoms with E-state index in [-0.39, 0.29) is 0 Å². The lowest BCUT2D eigenvalue weighted by atomic mass is 10.2. The van der Waals surface area contributed by atoms with Crippen molar-refractivity contribution >= 4 is 11.5 Å². The van der Waals surface area contributed by atoms with Crippen molar-refractivity contribution in [2.75, 3.05) is 5.32 Å². The van der Waals surface area contributed by atoms with Gasteiger partial charge in [-0.3, -0.25) is 0 Å². The first-order valence-electron chi connectivity index (χ1n) is 5.62. The maximum absolute atomic E-state index is 4.38. The van der Waals surface area contributed by atoms with E-state index in [1.807, 2.05) is 36.7 Å². The summed E-state index contributed by atoms with van der Waals surface area (Å²) < 4.78 is 1.81. The summed E-state index contributed by atoms with van der Waals surface area (Å²) in [6.45, 7) is 10.1. The van der Waals surface area contributed by atoms with E-state index < -0.39 is 0 Å². The van der Waals surface area contributed by atoms with E-state index in [4.69, 9.17) is 0 Å². The number of hydrogen-bond donors (Lipinski definition) is 1. The molecule has 0 unspecified atom stereocenters. The number of aryl methyl sites for hydroxylation is 3. The average molecular weight is 227 g/mol. The molecule has 17 heavy (non-hydrogen) atoms. The standard InChI is InChI=1S/C14H17N3/c1-10-5-7-14(8-6-10)15-13(4)17-12(3)9-11(2)16-17/h5-9,15H,4H2,1-3H3. The first-order valence-corrected chi connectivity index (χ1v) is 5.62. The Labute approximate surface area is 102 Å². The summed E-state index contributed by atoms with van der Waals surface area (Å²) in [5, 5.41) is 7.62. The molecule has 1 N–H and O–H groups in total. The van der Waals surface area contributed by atoms with E-state index in [1.165, 1.54) is 5.56 Å². The highest BCUT2D eigenvalue weighted by Gasteiger charge is 2.04. The van der Waals surface area contributed by atoms with Gasteiger partial charge in [0.25, 0.3) is 0 Å². The Bertz CT molecular complexity index is 535. The summed E-state index contributed by atoms with van der Waals surface area (Å²) in [7, 11) is 0. The normalized spacial score (nSPS) is 10.3. The van der Waals surface area contributed by atoms with Gasteiger partial charge in [0.15, 0.2) is 0 Å². The molecule has 0 saturated heterocycles. The van der Waals surface area contributed by atoms with Crippen molar-refractivity contribution in [2.24, 2.45) is 0 Å². The van der Waals surface area contributed by atoms with Gasteiger partial charge in [-0.05, 0) is 39.0 Å². The molecule has 0 aliphatic heterocycles. The summed E-state index contributed by atoms with van der Waals surface area (Å²) in [5.41, 5.74) is 4.34. The molecule has 1 heterocycles. The molecule has 0 atom stereocenters. The van der Waals surface area contributed by atoms with Gasteiger partial charge in [0.2, 0.25) is 0 Å². The zero-order valence-corrected chi connectivity index (χ0v) is 10.5. The molecule has 2 rings (SSSR count). The van der Waals surface area contributed by atoms with Gasteiger partial charge < -0.3 is 5.32 Å². The molecule has 3 heteroatoms. The van der Waals surface area contributed by atoms with E-state index in [9.17, 15) is 0 Å². The Kier molecular flexibility index (Phi) is 3.00. The van der Waals surface area contributed by atoms with Crippen molar-refractivity contribution in [3.63, 3.8) is 0 Å². The van der Waals surface area contributed by atoms with Gasteiger partial charge in [-0.2, -0.15) is 5.10 Å². The van der Waals surface area contributed by atoms with Gasteiger partial charge in [-0.25, -0.2) is 4.68 Å². The second kappa shape index (κ2) is 4.45. The Morgan fingerprint density at radius 2 is 1.82 bits per heavy atom. The minimum atomic E-state index is 0.763. The van der Waals surface area contributed by atoms with Crippen molar-refractivity contribution < 1.29 is 0 Å². The van der Waals surface area contributed by atoms with Crippen LogP contribution in [0.25, 0.3) is 5.82 Å². The van der Waals surface area contributed by atoms with E-state index >= 15 is 0 Å². The van der Waals surface area contributed by atoms with Gasteiger partial charge in [-0.1, -0.05) is 24.3 Å². The lowest BCUT2D eigenvalue weighted by Gasteiger charge is -2.11. The molecule has 0 spiro atoms. The Morgan fingerprint density at radius 1 is 1.18 bits per heavy atom. The minimum absolute atomic E-state index is 0.763. The molecule has 0 saturated carbocycles. The Morgan fingerprint density at radius 3 is 2.35 bits per heavy atom. The Balaban J connectivity index is 2.17. The summed E-state index contributed by atoms with van der Waals surface area (Å²) in [4.78, 5) is 0. The second-order valence-corrected chi connectivity index (χ2v) is 4.28. The third-order valence-corrected chi connectivity index (χ3v) is 2.61. The van der Waals surface area contributed by atoms with Gasteiger partial charge in [-0.15, -0.1) is 0 Å². The van der Waals surface area contributed by atoms with Crippen molar-refractivity contribution in [3.8, 4) is 0 Å². The number of hydrogen-bond acceptors (Lipinski definition) is 2. The molecule has 0 aliphatic carbocycles. The average Bonchev–Trinajstić information content (AvgIpc) is 2.61. The summed E-state index contributed by atoms with van der Waals surface area (Å²) in [5.74, 6) is 0.763. The molecule has 1 aromatic carbocycles. The molecule has 3 nitrogen and oxygen atoms in total. The molecular formula is C14H17N3. The molecule has 0 fully saturated rings. The maximum atomic E-state index is 4.38. The zero-order chi connectivity index (χ0) is 12.4.